The van der Waals surface area contributed by atoms with Crippen molar-refractivity contribution in [1.82, 2.24) is 15.5 Å². The van der Waals surface area contributed by atoms with E-state index in [1.165, 1.54) is 0 Å². The molecule has 0 heterocycles. The van der Waals surface area contributed by atoms with Crippen LogP contribution in [0.3, 0.4) is 0 Å². The Labute approximate surface area is 209 Å². The van der Waals surface area contributed by atoms with Crippen LogP contribution in [0.25, 0.3) is 10.8 Å². The average Bonchev–Trinajstić information content (AvgIpc) is 2.83. The number of guanidine groups is 1. The lowest BCUT2D eigenvalue weighted by molar-refractivity contribution is -0.142. The number of hydrogen-bond donors (Lipinski definition) is 5. The number of carbonyl (C=O) groups is 4. The molecule has 0 bridgehead atoms. The van der Waals surface area contributed by atoms with Crippen molar-refractivity contribution in [2.45, 2.75) is 44.2 Å². The summed E-state index contributed by atoms with van der Waals surface area (Å²) in [7, 11) is 3.47. The Morgan fingerprint density at radius 3 is 2.33 bits per heavy atom. The van der Waals surface area contributed by atoms with E-state index < -0.39 is 35.8 Å². The van der Waals surface area contributed by atoms with Crippen LogP contribution >= 0.6 is 0 Å². The molecule has 0 aliphatic rings. The molecule has 0 aromatic heterocycles. The maximum atomic E-state index is 13.0. The lowest BCUT2D eigenvalue weighted by Gasteiger charge is -2.22. The topological polar surface area (TPSA) is 174 Å². The molecule has 2 unspecified atom stereocenters. The number of amides is 2. The van der Waals surface area contributed by atoms with Gasteiger partial charge in [0.2, 0.25) is 11.8 Å². The molecule has 0 fully saturated rings. The number of hydrogen-bond acceptors (Lipinski definition) is 5. The number of nitrogens with one attached hydrogen (secondary N) is 2. The van der Waals surface area contributed by atoms with E-state index in [1.54, 1.807) is 19.0 Å². The Balaban J connectivity index is 2.14. The first kappa shape index (κ1) is 28.1. The fourth-order valence-electron chi connectivity index (χ4n) is 3.55. The van der Waals surface area contributed by atoms with Crippen LogP contribution < -0.4 is 16.4 Å². The molecule has 2 amide bonds. The second-order valence-corrected chi connectivity index (χ2v) is 8.53. The third-order valence-electron chi connectivity index (χ3n) is 5.52. The SMILES string of the molecule is CN(C)C(N)=NCCCC(NC(=O)CCC(=O)O)C(=O)NC(Cc1cccc2ccccc12)C(=O)O. The molecule has 0 aliphatic heterocycles. The number of aliphatic carboxylic acids is 2. The third-order valence-corrected chi connectivity index (χ3v) is 5.52. The Morgan fingerprint density at radius 2 is 1.67 bits per heavy atom. The van der Waals surface area contributed by atoms with Crippen molar-refractivity contribution in [2.24, 2.45) is 10.7 Å². The molecule has 11 heteroatoms. The van der Waals surface area contributed by atoms with E-state index in [0.717, 1.165) is 16.3 Å². The molecule has 2 rings (SSSR count). The average molecular weight is 500 g/mol. The Morgan fingerprint density at radius 1 is 0.972 bits per heavy atom. The molecule has 2 atom stereocenters. The van der Waals surface area contributed by atoms with Gasteiger partial charge in [-0.25, -0.2) is 4.79 Å². The lowest BCUT2D eigenvalue weighted by Crippen LogP contribution is -2.52. The van der Waals surface area contributed by atoms with Gasteiger partial charge in [0.25, 0.3) is 0 Å². The highest BCUT2D eigenvalue weighted by Gasteiger charge is 2.27. The molecule has 2 aromatic carbocycles. The molecular weight excluding hydrogens is 466 g/mol. The highest BCUT2D eigenvalue weighted by Crippen LogP contribution is 2.20. The molecule has 0 radical (unpaired) electrons. The number of benzene rings is 2. The van der Waals surface area contributed by atoms with Gasteiger partial charge in [-0.15, -0.1) is 0 Å². The van der Waals surface area contributed by atoms with Crippen LogP contribution in [0.4, 0.5) is 0 Å². The molecule has 194 valence electrons. The largest absolute Gasteiger partial charge is 0.481 e. The summed E-state index contributed by atoms with van der Waals surface area (Å²) in [5.74, 6) is -3.33. The van der Waals surface area contributed by atoms with Crippen molar-refractivity contribution < 1.29 is 29.4 Å². The van der Waals surface area contributed by atoms with Crippen molar-refractivity contribution in [1.29, 1.82) is 0 Å². The van der Waals surface area contributed by atoms with Gasteiger partial charge in [0, 0.05) is 33.5 Å². The summed E-state index contributed by atoms with van der Waals surface area (Å²) in [6.07, 6.45) is -0.0972. The molecule has 0 saturated heterocycles. The molecule has 0 spiro atoms. The Kier molecular flexibility index (Phi) is 10.7. The van der Waals surface area contributed by atoms with Crippen LogP contribution in [0.15, 0.2) is 47.5 Å². The van der Waals surface area contributed by atoms with E-state index in [2.05, 4.69) is 15.6 Å². The van der Waals surface area contributed by atoms with Gasteiger partial charge in [-0.1, -0.05) is 42.5 Å². The predicted octanol–water partition coefficient (Wildman–Crippen LogP) is 0.958. The van der Waals surface area contributed by atoms with Crippen molar-refractivity contribution in [3.63, 3.8) is 0 Å². The summed E-state index contributed by atoms with van der Waals surface area (Å²) in [6.45, 7) is 0.289. The first-order valence-corrected chi connectivity index (χ1v) is 11.6. The molecule has 0 saturated carbocycles. The monoisotopic (exact) mass is 499 g/mol. The van der Waals surface area contributed by atoms with Gasteiger partial charge < -0.3 is 31.5 Å². The predicted molar refractivity (Wildman–Crippen MR) is 135 cm³/mol. The van der Waals surface area contributed by atoms with E-state index in [-0.39, 0.29) is 32.2 Å². The fraction of sp³-hybridized carbons (Fsp3) is 0.400. The first-order valence-electron chi connectivity index (χ1n) is 11.6. The van der Waals surface area contributed by atoms with E-state index in [4.69, 9.17) is 10.8 Å². The second-order valence-electron chi connectivity index (χ2n) is 8.53. The normalized spacial score (nSPS) is 13.0. The molecule has 36 heavy (non-hydrogen) atoms. The smallest absolute Gasteiger partial charge is 0.326 e. The summed E-state index contributed by atoms with van der Waals surface area (Å²) in [4.78, 5) is 53.9. The standard InChI is InChI=1S/C25H33N5O6/c1-30(2)25(26)27-14-6-11-19(28-21(31)12-13-22(32)33)23(34)29-20(24(35)36)15-17-9-5-8-16-7-3-4-10-18(16)17/h3-5,7-10,19-20H,6,11-15H2,1-2H3,(H2,26,27)(H,28,31)(H,29,34)(H,32,33)(H,35,36). The van der Waals surface area contributed by atoms with Crippen LogP contribution in [0.1, 0.15) is 31.2 Å². The number of carboxylic acid groups (broad SMARTS) is 2. The van der Waals surface area contributed by atoms with Gasteiger partial charge in [0.15, 0.2) is 5.96 Å². The van der Waals surface area contributed by atoms with Gasteiger partial charge in [-0.2, -0.15) is 0 Å². The Bertz CT molecular complexity index is 1110. The number of rotatable bonds is 13. The van der Waals surface area contributed by atoms with Gasteiger partial charge >= 0.3 is 11.9 Å². The third kappa shape index (κ3) is 8.90. The molecule has 2 aromatic rings. The minimum Gasteiger partial charge on any atom is -0.481 e. The van der Waals surface area contributed by atoms with Crippen LogP contribution in [0, 0.1) is 0 Å². The number of carbonyl (C=O) groups excluding carboxylic acids is 2. The van der Waals surface area contributed by atoms with Crippen molar-refractivity contribution in [3.05, 3.63) is 48.0 Å². The van der Waals surface area contributed by atoms with Crippen molar-refractivity contribution in [3.8, 4) is 0 Å². The van der Waals surface area contributed by atoms with Crippen LogP contribution in [-0.4, -0.2) is 77.5 Å². The van der Waals surface area contributed by atoms with Gasteiger partial charge in [0.1, 0.15) is 12.1 Å². The maximum Gasteiger partial charge on any atom is 0.326 e. The zero-order valence-electron chi connectivity index (χ0n) is 20.4. The number of aliphatic imine (C=N–C) groups is 1. The minimum absolute atomic E-state index is 0.0474. The van der Waals surface area contributed by atoms with Gasteiger partial charge in [0.05, 0.1) is 6.42 Å². The van der Waals surface area contributed by atoms with Gasteiger partial charge in [-0.05, 0) is 29.2 Å². The number of nitrogens with two attached hydrogens (primary N) is 1. The molecule has 6 N–H and O–H groups in total. The summed E-state index contributed by atoms with van der Waals surface area (Å²) in [5, 5.41) is 25.5. The number of fused-ring (bicyclic) bond motifs is 1. The van der Waals surface area contributed by atoms with E-state index in [1.807, 2.05) is 42.5 Å². The van der Waals surface area contributed by atoms with Crippen LogP contribution in [0.5, 0.6) is 0 Å². The molecule has 11 nitrogen and oxygen atoms in total. The number of carboxylic acids is 2. The summed E-state index contributed by atoms with van der Waals surface area (Å²) in [5.41, 5.74) is 6.52. The van der Waals surface area contributed by atoms with E-state index >= 15 is 0 Å². The maximum absolute atomic E-state index is 13.0. The second kappa shape index (κ2) is 13.7. The van der Waals surface area contributed by atoms with Gasteiger partial charge in [-0.3, -0.25) is 19.4 Å². The zero-order chi connectivity index (χ0) is 26.7. The fourth-order valence-corrected chi connectivity index (χ4v) is 3.55. The lowest BCUT2D eigenvalue weighted by atomic mass is 9.98. The highest BCUT2D eigenvalue weighted by atomic mass is 16.4. The first-order chi connectivity index (χ1) is 17.1. The zero-order valence-corrected chi connectivity index (χ0v) is 20.4. The van der Waals surface area contributed by atoms with Crippen molar-refractivity contribution in [2.75, 3.05) is 20.6 Å². The summed E-state index contributed by atoms with van der Waals surface area (Å²) >= 11 is 0. The summed E-state index contributed by atoms with van der Waals surface area (Å²) < 4.78 is 0. The molecule has 0 aliphatic carbocycles. The number of nitrogens with zero attached hydrogens (tertiary/aromatic N) is 2. The van der Waals surface area contributed by atoms with E-state index in [9.17, 15) is 24.3 Å². The van der Waals surface area contributed by atoms with Crippen molar-refractivity contribution >= 4 is 40.5 Å². The Hall–Kier alpha value is -4.15. The minimum atomic E-state index is -1.23. The van der Waals surface area contributed by atoms with Crippen LogP contribution in [-0.2, 0) is 25.6 Å². The van der Waals surface area contributed by atoms with E-state index in [0.29, 0.717) is 12.4 Å². The molecular formula is C25H33N5O6. The highest BCUT2D eigenvalue weighted by molar-refractivity contribution is 5.92. The summed E-state index contributed by atoms with van der Waals surface area (Å²) in [6, 6.07) is 10.8. The van der Waals surface area contributed by atoms with Crippen LogP contribution in [0.2, 0.25) is 0 Å². The quantitative estimate of drug-likeness (QED) is 0.154.